The number of benzene rings is 2. The molecule has 0 aliphatic heterocycles. The van der Waals surface area contributed by atoms with Crippen LogP contribution in [0.2, 0.25) is 0 Å². The Morgan fingerprint density at radius 2 is 1.80 bits per heavy atom. The van der Waals surface area contributed by atoms with Gasteiger partial charge in [-0.2, -0.15) is 5.26 Å². The third-order valence-electron chi connectivity index (χ3n) is 4.37. The number of nitriles is 1. The van der Waals surface area contributed by atoms with E-state index in [-0.39, 0.29) is 10.8 Å². The first-order valence-corrected chi connectivity index (χ1v) is 9.44. The minimum Gasteiger partial charge on any atom is -0.386 e. The van der Waals surface area contributed by atoms with Gasteiger partial charge in [-0.3, -0.25) is 0 Å². The summed E-state index contributed by atoms with van der Waals surface area (Å²) in [6, 6.07) is 10.0. The van der Waals surface area contributed by atoms with Crippen LogP contribution < -0.4 is 0 Å². The molecule has 0 bridgehead atoms. The summed E-state index contributed by atoms with van der Waals surface area (Å²) in [5.41, 5.74) is -0.00794. The lowest BCUT2D eigenvalue weighted by molar-refractivity contribution is 0.0781. The molecule has 0 heterocycles. The van der Waals surface area contributed by atoms with Crippen LogP contribution >= 0.6 is 0 Å². The van der Waals surface area contributed by atoms with Crippen molar-refractivity contribution >= 4 is 9.84 Å². The molecule has 1 fully saturated rings. The van der Waals surface area contributed by atoms with E-state index in [0.29, 0.717) is 16.7 Å². The van der Waals surface area contributed by atoms with E-state index in [9.17, 15) is 17.9 Å². The van der Waals surface area contributed by atoms with Crippen LogP contribution in [0.3, 0.4) is 0 Å². The monoisotopic (exact) mass is 359 g/mol. The quantitative estimate of drug-likeness (QED) is 0.904. The van der Waals surface area contributed by atoms with Gasteiger partial charge in [0, 0.05) is 0 Å². The van der Waals surface area contributed by atoms with Crippen molar-refractivity contribution in [3.63, 3.8) is 0 Å². The molecule has 1 aliphatic carbocycles. The topological polar surface area (TPSA) is 78.2 Å². The Morgan fingerprint density at radius 3 is 2.32 bits per heavy atom. The van der Waals surface area contributed by atoms with Gasteiger partial charge in [0.2, 0.25) is 9.84 Å². The summed E-state index contributed by atoms with van der Waals surface area (Å²) < 4.78 is 40.5. The lowest BCUT2D eigenvalue weighted by Crippen LogP contribution is -2.16. The second-order valence-electron chi connectivity index (χ2n) is 6.85. The molecule has 3 rings (SSSR count). The summed E-state index contributed by atoms with van der Waals surface area (Å²) >= 11 is 0. The van der Waals surface area contributed by atoms with E-state index in [1.807, 2.05) is 6.07 Å². The first-order chi connectivity index (χ1) is 11.6. The number of hydrogen-bond donors (Lipinski definition) is 1. The Balaban J connectivity index is 2.14. The van der Waals surface area contributed by atoms with Crippen LogP contribution in [-0.2, 0) is 15.4 Å². The third kappa shape index (κ3) is 3.30. The number of rotatable bonds is 4. The molecular weight excluding hydrogens is 341 g/mol. The molecule has 0 spiro atoms. The fourth-order valence-electron chi connectivity index (χ4n) is 2.79. The lowest BCUT2D eigenvalue weighted by atomic mass is 9.99. The van der Waals surface area contributed by atoms with E-state index in [1.165, 1.54) is 38.1 Å². The maximum absolute atomic E-state index is 14.5. The maximum Gasteiger partial charge on any atom is 0.209 e. The third-order valence-corrected chi connectivity index (χ3v) is 6.23. The maximum atomic E-state index is 14.5. The van der Waals surface area contributed by atoms with Crippen LogP contribution in [0, 0.1) is 17.1 Å². The SMILES string of the molecule is CC(C)(O)c1ccc(S(=O)(=O)c2ccc(C#N)cc2C2CC2)c(F)c1. The Bertz CT molecular complexity index is 981. The minimum absolute atomic E-state index is 0.0453. The van der Waals surface area contributed by atoms with Gasteiger partial charge in [0.25, 0.3) is 0 Å². The van der Waals surface area contributed by atoms with Crippen LogP contribution in [0.15, 0.2) is 46.2 Å². The van der Waals surface area contributed by atoms with E-state index < -0.39 is 26.2 Å². The van der Waals surface area contributed by atoms with Crippen molar-refractivity contribution in [2.75, 3.05) is 0 Å². The van der Waals surface area contributed by atoms with Crippen LogP contribution in [0.4, 0.5) is 4.39 Å². The molecule has 0 radical (unpaired) electrons. The van der Waals surface area contributed by atoms with Gasteiger partial charge in [0.05, 0.1) is 22.1 Å². The van der Waals surface area contributed by atoms with Crippen LogP contribution in [0.25, 0.3) is 0 Å². The zero-order valence-corrected chi connectivity index (χ0v) is 14.8. The van der Waals surface area contributed by atoms with Crippen LogP contribution in [-0.4, -0.2) is 13.5 Å². The van der Waals surface area contributed by atoms with Gasteiger partial charge in [-0.15, -0.1) is 0 Å². The average molecular weight is 359 g/mol. The fourth-order valence-corrected chi connectivity index (χ4v) is 4.38. The highest BCUT2D eigenvalue weighted by molar-refractivity contribution is 7.91. The first kappa shape index (κ1) is 17.6. The van der Waals surface area contributed by atoms with Crippen LogP contribution in [0.1, 0.15) is 49.3 Å². The Labute approximate surface area is 146 Å². The summed E-state index contributed by atoms with van der Waals surface area (Å²) in [6.07, 6.45) is 1.72. The molecule has 2 aromatic rings. The summed E-state index contributed by atoms with van der Waals surface area (Å²) in [4.78, 5) is -0.379. The molecule has 2 aromatic carbocycles. The molecule has 1 N–H and O–H groups in total. The predicted molar refractivity (Wildman–Crippen MR) is 90.2 cm³/mol. The summed E-state index contributed by atoms with van der Waals surface area (Å²) in [5.74, 6) is -0.803. The Morgan fingerprint density at radius 1 is 1.16 bits per heavy atom. The molecule has 0 amide bonds. The van der Waals surface area contributed by atoms with Crippen molar-refractivity contribution in [3.05, 3.63) is 58.9 Å². The van der Waals surface area contributed by atoms with Gasteiger partial charge in [-0.25, -0.2) is 12.8 Å². The number of halogens is 1. The molecule has 6 heteroatoms. The molecule has 0 saturated heterocycles. The molecular formula is C19H18FNO3S. The molecule has 4 nitrogen and oxygen atoms in total. The second-order valence-corrected chi connectivity index (χ2v) is 8.73. The smallest absolute Gasteiger partial charge is 0.209 e. The number of nitrogens with zero attached hydrogens (tertiary/aromatic N) is 1. The molecule has 0 aromatic heterocycles. The Kier molecular flexibility index (Phi) is 4.18. The van der Waals surface area contributed by atoms with Gasteiger partial charge < -0.3 is 5.11 Å². The van der Waals surface area contributed by atoms with Crippen LogP contribution in [0.5, 0.6) is 0 Å². The van der Waals surface area contributed by atoms with Crippen molar-refractivity contribution in [1.82, 2.24) is 0 Å². The van der Waals surface area contributed by atoms with Gasteiger partial charge in [-0.05, 0) is 74.1 Å². The number of aliphatic hydroxyl groups is 1. The molecule has 0 unspecified atom stereocenters. The molecule has 1 aliphatic rings. The highest BCUT2D eigenvalue weighted by atomic mass is 32.2. The molecule has 130 valence electrons. The Hall–Kier alpha value is -2.23. The number of hydrogen-bond acceptors (Lipinski definition) is 4. The number of sulfone groups is 1. The molecule has 0 atom stereocenters. The zero-order chi connectivity index (χ0) is 18.4. The van der Waals surface area contributed by atoms with E-state index in [1.54, 1.807) is 6.07 Å². The molecule has 1 saturated carbocycles. The van der Waals surface area contributed by atoms with Crippen molar-refractivity contribution in [3.8, 4) is 6.07 Å². The van der Waals surface area contributed by atoms with E-state index in [2.05, 4.69) is 0 Å². The normalized spacial score (nSPS) is 15.0. The average Bonchev–Trinajstić information content (AvgIpc) is 3.37. The first-order valence-electron chi connectivity index (χ1n) is 7.96. The lowest BCUT2D eigenvalue weighted by Gasteiger charge is -2.19. The highest BCUT2D eigenvalue weighted by Crippen LogP contribution is 2.44. The van der Waals surface area contributed by atoms with Crippen molar-refractivity contribution in [1.29, 1.82) is 5.26 Å². The summed E-state index contributed by atoms with van der Waals surface area (Å²) in [7, 11) is -4.06. The second kappa shape index (κ2) is 5.94. The van der Waals surface area contributed by atoms with E-state index in [4.69, 9.17) is 5.26 Å². The standard InChI is InChI=1S/C19H18FNO3S/c1-19(2,22)14-6-8-18(16(20)10-14)25(23,24)17-7-3-12(11-21)9-15(17)13-4-5-13/h3,6-10,13,22H,4-5H2,1-2H3. The van der Waals surface area contributed by atoms with E-state index in [0.717, 1.165) is 18.9 Å². The zero-order valence-electron chi connectivity index (χ0n) is 14.0. The predicted octanol–water partition coefficient (Wildman–Crippen LogP) is 3.63. The van der Waals surface area contributed by atoms with Gasteiger partial charge in [-0.1, -0.05) is 6.07 Å². The van der Waals surface area contributed by atoms with Gasteiger partial charge >= 0.3 is 0 Å². The molecule has 25 heavy (non-hydrogen) atoms. The van der Waals surface area contributed by atoms with E-state index >= 15 is 0 Å². The largest absolute Gasteiger partial charge is 0.386 e. The van der Waals surface area contributed by atoms with Crippen molar-refractivity contribution in [2.24, 2.45) is 0 Å². The fraction of sp³-hybridized carbons (Fsp3) is 0.316. The summed E-state index contributed by atoms with van der Waals surface area (Å²) in [6.45, 7) is 3.00. The minimum atomic E-state index is -4.06. The summed E-state index contributed by atoms with van der Waals surface area (Å²) in [5, 5.41) is 19.0. The highest BCUT2D eigenvalue weighted by Gasteiger charge is 2.33. The van der Waals surface area contributed by atoms with Crippen molar-refractivity contribution < 1.29 is 17.9 Å². The van der Waals surface area contributed by atoms with Gasteiger partial charge in [0.15, 0.2) is 0 Å². The van der Waals surface area contributed by atoms with Gasteiger partial charge in [0.1, 0.15) is 10.7 Å². The van der Waals surface area contributed by atoms with Crippen molar-refractivity contribution in [2.45, 2.75) is 48.0 Å².